The molecule has 30 heavy (non-hydrogen) atoms. The van der Waals surface area contributed by atoms with Crippen molar-refractivity contribution in [2.24, 2.45) is 0 Å². The lowest BCUT2D eigenvalue weighted by Gasteiger charge is -2.26. The van der Waals surface area contributed by atoms with Gasteiger partial charge in [0.05, 0.1) is 12.0 Å². The summed E-state index contributed by atoms with van der Waals surface area (Å²) in [6.45, 7) is 0. The van der Waals surface area contributed by atoms with E-state index in [-0.39, 0.29) is 23.0 Å². The molecular formula is C23H13ClFNO4. The number of fused-ring (bicyclic) bond motifs is 3. The van der Waals surface area contributed by atoms with E-state index in [9.17, 15) is 14.0 Å². The number of ketones is 1. The molecule has 0 bridgehead atoms. The average Bonchev–Trinajstić information content (AvgIpc) is 3.03. The van der Waals surface area contributed by atoms with Gasteiger partial charge in [0.1, 0.15) is 17.3 Å². The van der Waals surface area contributed by atoms with E-state index in [2.05, 4.69) is 4.98 Å². The van der Waals surface area contributed by atoms with E-state index >= 15 is 0 Å². The Hall–Kier alpha value is -3.51. The van der Waals surface area contributed by atoms with Crippen LogP contribution in [0.25, 0.3) is 6.08 Å². The minimum atomic E-state index is -0.533. The number of pyridine rings is 1. The van der Waals surface area contributed by atoms with Crippen molar-refractivity contribution in [3.63, 3.8) is 0 Å². The summed E-state index contributed by atoms with van der Waals surface area (Å²) in [5.74, 6) is -0.965. The number of carbonyl (C=O) groups is 2. The van der Waals surface area contributed by atoms with Crippen LogP contribution in [0.4, 0.5) is 4.39 Å². The standard InChI is InChI=1S/C23H13ClFNO4/c24-17-9-13(25)3-4-14(17)16-10-20(27)29-18-6-5-15-22(28)19(30-23(15)21(16)18)8-12-2-1-7-26-11-12/h1-9,11,16H,10H2/b19-8-/t16-/m0/s1. The van der Waals surface area contributed by atoms with Gasteiger partial charge in [-0.15, -0.1) is 0 Å². The number of hydrogen-bond donors (Lipinski definition) is 0. The van der Waals surface area contributed by atoms with Crippen molar-refractivity contribution in [1.29, 1.82) is 0 Å². The maximum Gasteiger partial charge on any atom is 0.312 e. The summed E-state index contributed by atoms with van der Waals surface area (Å²) in [6, 6.07) is 10.7. The molecule has 0 spiro atoms. The van der Waals surface area contributed by atoms with Gasteiger partial charge in [-0.3, -0.25) is 14.6 Å². The highest BCUT2D eigenvalue weighted by Gasteiger charge is 2.39. The van der Waals surface area contributed by atoms with Crippen molar-refractivity contribution in [2.75, 3.05) is 0 Å². The van der Waals surface area contributed by atoms with Crippen LogP contribution in [0, 0.1) is 5.82 Å². The van der Waals surface area contributed by atoms with E-state index in [0.717, 1.165) is 0 Å². The molecule has 0 aliphatic carbocycles. The first-order chi connectivity index (χ1) is 14.5. The van der Waals surface area contributed by atoms with Crippen LogP contribution in [0.5, 0.6) is 11.5 Å². The number of Topliss-reactive ketones (excluding diaryl/α,β-unsaturated/α-hetero) is 1. The highest BCUT2D eigenvalue weighted by molar-refractivity contribution is 6.31. The molecule has 0 saturated heterocycles. The maximum atomic E-state index is 13.6. The first-order valence-electron chi connectivity index (χ1n) is 9.18. The average molecular weight is 422 g/mol. The fraction of sp³-hybridized carbons (Fsp3) is 0.0870. The summed E-state index contributed by atoms with van der Waals surface area (Å²) in [7, 11) is 0. The highest BCUT2D eigenvalue weighted by atomic mass is 35.5. The number of nitrogens with zero attached hydrogens (tertiary/aromatic N) is 1. The number of ether oxygens (including phenoxy) is 2. The lowest BCUT2D eigenvalue weighted by molar-refractivity contribution is -0.135. The Bertz CT molecular complexity index is 1240. The molecule has 3 heterocycles. The van der Waals surface area contributed by atoms with E-state index in [1.807, 2.05) is 0 Å². The number of rotatable bonds is 2. The largest absolute Gasteiger partial charge is 0.452 e. The van der Waals surface area contributed by atoms with Crippen LogP contribution in [-0.2, 0) is 4.79 Å². The molecule has 0 amide bonds. The van der Waals surface area contributed by atoms with Crippen molar-refractivity contribution < 1.29 is 23.5 Å². The van der Waals surface area contributed by atoms with Crippen LogP contribution < -0.4 is 9.47 Å². The normalized spacial score (nSPS) is 18.6. The first-order valence-corrected chi connectivity index (χ1v) is 9.56. The topological polar surface area (TPSA) is 65.5 Å². The van der Waals surface area contributed by atoms with Gasteiger partial charge in [0.2, 0.25) is 5.78 Å². The molecule has 0 unspecified atom stereocenters. The Balaban J connectivity index is 1.64. The molecule has 2 aromatic carbocycles. The second kappa shape index (κ2) is 7.07. The molecule has 2 aliphatic rings. The number of esters is 1. The third kappa shape index (κ3) is 3.06. The number of carbonyl (C=O) groups excluding carboxylic acids is 2. The van der Waals surface area contributed by atoms with Gasteiger partial charge >= 0.3 is 5.97 Å². The molecule has 0 saturated carbocycles. The van der Waals surface area contributed by atoms with E-state index in [4.69, 9.17) is 21.1 Å². The fourth-order valence-corrected chi connectivity index (χ4v) is 4.07. The van der Waals surface area contributed by atoms with Gasteiger partial charge in [0, 0.05) is 28.9 Å². The van der Waals surface area contributed by atoms with Gasteiger partial charge in [0.15, 0.2) is 5.76 Å². The summed E-state index contributed by atoms with van der Waals surface area (Å²) in [4.78, 5) is 29.1. The van der Waals surface area contributed by atoms with Crippen molar-refractivity contribution in [3.05, 3.63) is 93.7 Å². The zero-order chi connectivity index (χ0) is 20.8. The molecule has 148 valence electrons. The van der Waals surface area contributed by atoms with Gasteiger partial charge < -0.3 is 9.47 Å². The van der Waals surface area contributed by atoms with E-state index in [1.54, 1.807) is 42.7 Å². The van der Waals surface area contributed by atoms with Crippen molar-refractivity contribution >= 4 is 29.4 Å². The zero-order valence-corrected chi connectivity index (χ0v) is 16.2. The van der Waals surface area contributed by atoms with Gasteiger partial charge in [-0.1, -0.05) is 23.7 Å². The molecule has 5 rings (SSSR count). The summed E-state index contributed by atoms with van der Waals surface area (Å²) in [5.41, 5.74) is 2.19. The quantitative estimate of drug-likeness (QED) is 0.333. The fourth-order valence-electron chi connectivity index (χ4n) is 3.77. The summed E-state index contributed by atoms with van der Waals surface area (Å²) in [6.07, 6.45) is 4.85. The van der Waals surface area contributed by atoms with E-state index in [0.29, 0.717) is 33.8 Å². The second-order valence-corrected chi connectivity index (χ2v) is 7.38. The lowest BCUT2D eigenvalue weighted by atomic mass is 9.84. The van der Waals surface area contributed by atoms with Crippen molar-refractivity contribution in [2.45, 2.75) is 12.3 Å². The van der Waals surface area contributed by atoms with Crippen molar-refractivity contribution in [1.82, 2.24) is 4.98 Å². The molecule has 0 fully saturated rings. The molecule has 0 N–H and O–H groups in total. The van der Waals surface area contributed by atoms with E-state index < -0.39 is 17.7 Å². The van der Waals surface area contributed by atoms with Crippen molar-refractivity contribution in [3.8, 4) is 11.5 Å². The summed E-state index contributed by atoms with van der Waals surface area (Å²) in [5, 5.41) is 0.189. The van der Waals surface area contributed by atoms with Gasteiger partial charge in [-0.05, 0) is 47.5 Å². The molecule has 7 heteroatoms. The number of benzene rings is 2. The smallest absolute Gasteiger partial charge is 0.312 e. The van der Waals surface area contributed by atoms with Crippen LogP contribution in [-0.4, -0.2) is 16.7 Å². The highest BCUT2D eigenvalue weighted by Crippen LogP contribution is 2.50. The maximum absolute atomic E-state index is 13.6. The van der Waals surface area contributed by atoms with Gasteiger partial charge in [0.25, 0.3) is 0 Å². The number of allylic oxidation sites excluding steroid dienone is 1. The minimum Gasteiger partial charge on any atom is -0.452 e. The molecule has 2 aliphatic heterocycles. The van der Waals surface area contributed by atoms with Crippen LogP contribution >= 0.6 is 11.6 Å². The van der Waals surface area contributed by atoms with Gasteiger partial charge in [-0.25, -0.2) is 4.39 Å². The third-order valence-electron chi connectivity index (χ3n) is 5.10. The van der Waals surface area contributed by atoms with Crippen LogP contribution in [0.2, 0.25) is 5.02 Å². The minimum absolute atomic E-state index is 0.00594. The van der Waals surface area contributed by atoms with E-state index in [1.165, 1.54) is 18.2 Å². The predicted molar refractivity (Wildman–Crippen MR) is 107 cm³/mol. The number of hydrogen-bond acceptors (Lipinski definition) is 5. The summed E-state index contributed by atoms with van der Waals surface area (Å²) < 4.78 is 24.9. The lowest BCUT2D eigenvalue weighted by Crippen LogP contribution is -2.21. The summed E-state index contributed by atoms with van der Waals surface area (Å²) >= 11 is 6.27. The SMILES string of the molecule is O=C1C[C@@H](c2ccc(F)cc2Cl)c2c(ccc3c2O/C(=C\c2cccnc2)C3=O)O1. The Labute approximate surface area is 175 Å². The Morgan fingerprint density at radius 3 is 2.77 bits per heavy atom. The first kappa shape index (κ1) is 18.5. The third-order valence-corrected chi connectivity index (χ3v) is 5.43. The number of halogens is 2. The van der Waals surface area contributed by atoms with Gasteiger partial charge in [-0.2, -0.15) is 0 Å². The monoisotopic (exact) mass is 421 g/mol. The predicted octanol–water partition coefficient (Wildman–Crippen LogP) is 4.93. The molecule has 0 radical (unpaired) electrons. The molecule has 1 aromatic heterocycles. The van der Waals surface area contributed by atoms with Crippen LogP contribution in [0.3, 0.4) is 0 Å². The second-order valence-electron chi connectivity index (χ2n) is 6.98. The van der Waals surface area contributed by atoms with Crippen LogP contribution in [0.1, 0.15) is 39.4 Å². The number of aromatic nitrogens is 1. The Morgan fingerprint density at radius 1 is 1.13 bits per heavy atom. The molecule has 5 nitrogen and oxygen atoms in total. The van der Waals surface area contributed by atoms with Crippen LogP contribution in [0.15, 0.2) is 60.6 Å². The molecule has 3 aromatic rings. The Kier molecular flexibility index (Phi) is 4.37. The molecular weight excluding hydrogens is 409 g/mol. The molecule has 1 atom stereocenters. The Morgan fingerprint density at radius 2 is 2.00 bits per heavy atom. The zero-order valence-electron chi connectivity index (χ0n) is 15.4.